The number of methoxy groups -OCH3 is 1. The summed E-state index contributed by atoms with van der Waals surface area (Å²) in [7, 11) is 1.65. The predicted octanol–water partition coefficient (Wildman–Crippen LogP) is 0.787. The van der Waals surface area contributed by atoms with Gasteiger partial charge in [-0.15, -0.1) is 11.8 Å². The molecular formula is C11H21NO3S. The first-order valence-electron chi connectivity index (χ1n) is 5.71. The van der Waals surface area contributed by atoms with Crippen LogP contribution < -0.4 is 5.32 Å². The standard InChI is InChI=1S/C11H21NO3S/c1-15-6-7-16-8-10(14)12-11(9-13)4-2-3-5-11/h13H,2-9H2,1H3,(H,12,14). The van der Waals surface area contributed by atoms with Crippen LogP contribution >= 0.6 is 11.8 Å². The second-order valence-electron chi connectivity index (χ2n) is 4.24. The number of nitrogens with one attached hydrogen (secondary N) is 1. The molecule has 0 aromatic heterocycles. The van der Waals surface area contributed by atoms with E-state index >= 15 is 0 Å². The van der Waals surface area contributed by atoms with Crippen LogP contribution in [0.1, 0.15) is 25.7 Å². The van der Waals surface area contributed by atoms with E-state index in [1.165, 1.54) is 0 Å². The van der Waals surface area contributed by atoms with E-state index in [-0.39, 0.29) is 18.1 Å². The Balaban J connectivity index is 2.21. The minimum absolute atomic E-state index is 0.0250. The Labute approximate surface area is 101 Å². The van der Waals surface area contributed by atoms with E-state index in [0.29, 0.717) is 12.4 Å². The monoisotopic (exact) mass is 247 g/mol. The molecule has 94 valence electrons. The second-order valence-corrected chi connectivity index (χ2v) is 5.34. The van der Waals surface area contributed by atoms with Crippen molar-refractivity contribution >= 4 is 17.7 Å². The van der Waals surface area contributed by atoms with E-state index in [2.05, 4.69) is 5.32 Å². The zero-order valence-electron chi connectivity index (χ0n) is 9.83. The topological polar surface area (TPSA) is 58.6 Å². The summed E-state index contributed by atoms with van der Waals surface area (Å²) >= 11 is 1.56. The van der Waals surface area contributed by atoms with E-state index in [0.717, 1.165) is 31.4 Å². The van der Waals surface area contributed by atoms with Crippen molar-refractivity contribution in [1.82, 2.24) is 5.32 Å². The molecular weight excluding hydrogens is 226 g/mol. The minimum Gasteiger partial charge on any atom is -0.394 e. The Hall–Kier alpha value is -0.260. The normalized spacial score (nSPS) is 18.6. The number of hydrogen-bond donors (Lipinski definition) is 2. The Kier molecular flexibility index (Phi) is 6.16. The number of rotatable bonds is 7. The number of ether oxygens (including phenoxy) is 1. The number of aliphatic hydroxyl groups excluding tert-OH is 1. The Bertz CT molecular complexity index is 217. The van der Waals surface area contributed by atoms with Gasteiger partial charge in [0.2, 0.25) is 5.91 Å². The van der Waals surface area contributed by atoms with Gasteiger partial charge in [0.15, 0.2) is 0 Å². The fourth-order valence-corrected chi connectivity index (χ4v) is 2.70. The predicted molar refractivity (Wildman–Crippen MR) is 65.6 cm³/mol. The summed E-state index contributed by atoms with van der Waals surface area (Å²) in [6.45, 7) is 0.727. The van der Waals surface area contributed by atoms with Crippen molar-refractivity contribution in [1.29, 1.82) is 0 Å². The SMILES string of the molecule is COCCSCC(=O)NC1(CO)CCCC1. The molecule has 16 heavy (non-hydrogen) atoms. The van der Waals surface area contributed by atoms with Gasteiger partial charge in [-0.3, -0.25) is 4.79 Å². The highest BCUT2D eigenvalue weighted by Crippen LogP contribution is 2.29. The van der Waals surface area contributed by atoms with Gasteiger partial charge < -0.3 is 15.2 Å². The van der Waals surface area contributed by atoms with Crippen molar-refractivity contribution in [2.75, 3.05) is 31.8 Å². The zero-order chi connectivity index (χ0) is 11.9. The number of hydrogen-bond acceptors (Lipinski definition) is 4. The van der Waals surface area contributed by atoms with Gasteiger partial charge in [-0.05, 0) is 12.8 Å². The summed E-state index contributed by atoms with van der Waals surface area (Å²) in [5.74, 6) is 1.30. The minimum atomic E-state index is -0.334. The summed E-state index contributed by atoms with van der Waals surface area (Å²) < 4.78 is 4.91. The lowest BCUT2D eigenvalue weighted by atomic mass is 9.99. The number of carbonyl (C=O) groups is 1. The molecule has 0 bridgehead atoms. The summed E-state index contributed by atoms with van der Waals surface area (Å²) in [6.07, 6.45) is 3.99. The third-order valence-electron chi connectivity index (χ3n) is 2.93. The molecule has 0 spiro atoms. The van der Waals surface area contributed by atoms with Crippen LogP contribution in [0.4, 0.5) is 0 Å². The van der Waals surface area contributed by atoms with E-state index in [1.54, 1.807) is 18.9 Å². The Morgan fingerprint density at radius 2 is 2.19 bits per heavy atom. The van der Waals surface area contributed by atoms with Crippen LogP contribution in [0.25, 0.3) is 0 Å². The second kappa shape index (κ2) is 7.14. The van der Waals surface area contributed by atoms with Crippen molar-refractivity contribution in [3.8, 4) is 0 Å². The van der Waals surface area contributed by atoms with E-state index < -0.39 is 0 Å². The smallest absolute Gasteiger partial charge is 0.230 e. The molecule has 1 rings (SSSR count). The van der Waals surface area contributed by atoms with Gasteiger partial charge in [-0.2, -0.15) is 0 Å². The highest BCUT2D eigenvalue weighted by Gasteiger charge is 2.34. The van der Waals surface area contributed by atoms with Gasteiger partial charge in [0, 0.05) is 12.9 Å². The third-order valence-corrected chi connectivity index (χ3v) is 3.85. The molecule has 0 unspecified atom stereocenters. The van der Waals surface area contributed by atoms with Gasteiger partial charge in [0.25, 0.3) is 0 Å². The van der Waals surface area contributed by atoms with Crippen LogP contribution in [0, 0.1) is 0 Å². The molecule has 1 fully saturated rings. The average molecular weight is 247 g/mol. The van der Waals surface area contributed by atoms with Gasteiger partial charge in [-0.25, -0.2) is 0 Å². The first kappa shape index (κ1) is 13.8. The van der Waals surface area contributed by atoms with Crippen LogP contribution in [-0.4, -0.2) is 48.4 Å². The molecule has 1 amide bonds. The van der Waals surface area contributed by atoms with E-state index in [1.807, 2.05) is 0 Å². The van der Waals surface area contributed by atoms with Gasteiger partial charge in [0.1, 0.15) is 0 Å². The highest BCUT2D eigenvalue weighted by atomic mass is 32.2. The maximum absolute atomic E-state index is 11.6. The maximum atomic E-state index is 11.6. The molecule has 0 atom stereocenters. The van der Waals surface area contributed by atoms with Crippen LogP contribution in [0.2, 0.25) is 0 Å². The third kappa shape index (κ3) is 4.31. The molecule has 1 aliphatic rings. The highest BCUT2D eigenvalue weighted by molar-refractivity contribution is 7.99. The molecule has 0 saturated heterocycles. The van der Waals surface area contributed by atoms with Gasteiger partial charge >= 0.3 is 0 Å². The molecule has 0 radical (unpaired) electrons. The Morgan fingerprint density at radius 1 is 1.50 bits per heavy atom. The molecule has 2 N–H and O–H groups in total. The Morgan fingerprint density at radius 3 is 2.75 bits per heavy atom. The molecule has 1 aliphatic carbocycles. The number of thioether (sulfide) groups is 1. The molecule has 0 aliphatic heterocycles. The average Bonchev–Trinajstić information content (AvgIpc) is 2.74. The van der Waals surface area contributed by atoms with E-state index in [4.69, 9.17) is 4.74 Å². The van der Waals surface area contributed by atoms with Crippen molar-refractivity contribution in [2.24, 2.45) is 0 Å². The van der Waals surface area contributed by atoms with Crippen molar-refractivity contribution in [3.05, 3.63) is 0 Å². The number of carbonyl (C=O) groups excluding carboxylic acids is 1. The number of amides is 1. The van der Waals surface area contributed by atoms with Crippen molar-refractivity contribution in [2.45, 2.75) is 31.2 Å². The molecule has 4 nitrogen and oxygen atoms in total. The quantitative estimate of drug-likeness (QED) is 0.653. The molecule has 5 heteroatoms. The summed E-state index contributed by atoms with van der Waals surface area (Å²) in [5, 5.41) is 12.3. The number of aliphatic hydroxyl groups is 1. The van der Waals surface area contributed by atoms with Crippen LogP contribution in [0.5, 0.6) is 0 Å². The first-order chi connectivity index (χ1) is 7.72. The lowest BCUT2D eigenvalue weighted by Crippen LogP contribution is -2.49. The first-order valence-corrected chi connectivity index (χ1v) is 6.86. The van der Waals surface area contributed by atoms with E-state index in [9.17, 15) is 9.90 Å². The van der Waals surface area contributed by atoms with Crippen LogP contribution in [0.15, 0.2) is 0 Å². The van der Waals surface area contributed by atoms with Crippen molar-refractivity contribution in [3.63, 3.8) is 0 Å². The molecule has 0 heterocycles. The maximum Gasteiger partial charge on any atom is 0.230 e. The van der Waals surface area contributed by atoms with Crippen LogP contribution in [0.3, 0.4) is 0 Å². The summed E-state index contributed by atoms with van der Waals surface area (Å²) in [6, 6.07) is 0. The van der Waals surface area contributed by atoms with Crippen LogP contribution in [-0.2, 0) is 9.53 Å². The summed E-state index contributed by atoms with van der Waals surface area (Å²) in [4.78, 5) is 11.6. The van der Waals surface area contributed by atoms with Crippen molar-refractivity contribution < 1.29 is 14.6 Å². The fraction of sp³-hybridized carbons (Fsp3) is 0.909. The largest absolute Gasteiger partial charge is 0.394 e. The lowest BCUT2D eigenvalue weighted by Gasteiger charge is -2.27. The summed E-state index contributed by atoms with van der Waals surface area (Å²) in [5.41, 5.74) is -0.334. The van der Waals surface area contributed by atoms with Gasteiger partial charge in [-0.1, -0.05) is 12.8 Å². The zero-order valence-corrected chi connectivity index (χ0v) is 10.6. The molecule has 0 aromatic carbocycles. The molecule has 1 saturated carbocycles. The molecule has 0 aromatic rings. The lowest BCUT2D eigenvalue weighted by molar-refractivity contribution is -0.121. The van der Waals surface area contributed by atoms with Gasteiger partial charge in [0.05, 0.1) is 24.5 Å². The fourth-order valence-electron chi connectivity index (χ4n) is 2.01.